The van der Waals surface area contributed by atoms with E-state index in [1.807, 2.05) is 0 Å². The van der Waals surface area contributed by atoms with Gasteiger partial charge >= 0.3 is 0 Å². The molecule has 0 amide bonds. The second-order valence-electron chi connectivity index (χ2n) is 14.2. The second-order valence-corrected chi connectivity index (χ2v) is 14.2. The molecule has 0 fully saturated rings. The maximum atomic E-state index is 2.40. The van der Waals surface area contributed by atoms with E-state index in [0.29, 0.717) is 0 Å². The van der Waals surface area contributed by atoms with Gasteiger partial charge in [0.15, 0.2) is 0 Å². The summed E-state index contributed by atoms with van der Waals surface area (Å²) in [6, 6.07) is 83.1. The lowest BCUT2D eigenvalue weighted by atomic mass is 9.92. The minimum absolute atomic E-state index is 1.09. The zero-order chi connectivity index (χ0) is 37.3. The summed E-state index contributed by atoms with van der Waals surface area (Å²) in [7, 11) is 0. The number of benzene rings is 9. The molecule has 0 bridgehead atoms. The highest BCUT2D eigenvalue weighted by atomic mass is 15.1. The third-order valence-electron chi connectivity index (χ3n) is 10.8. The zero-order valence-electron chi connectivity index (χ0n) is 30.8. The van der Waals surface area contributed by atoms with E-state index in [2.05, 4.69) is 240 Å². The van der Waals surface area contributed by atoms with Gasteiger partial charge in [-0.2, -0.15) is 0 Å². The van der Waals surface area contributed by atoms with E-state index in [-0.39, 0.29) is 0 Å². The Morgan fingerprint density at radius 3 is 1.34 bits per heavy atom. The van der Waals surface area contributed by atoms with Gasteiger partial charge in [0.1, 0.15) is 0 Å². The van der Waals surface area contributed by atoms with Crippen LogP contribution < -0.4 is 4.90 Å². The number of para-hydroxylation sites is 2. The van der Waals surface area contributed by atoms with Gasteiger partial charge in [0, 0.05) is 33.5 Å². The topological polar surface area (TPSA) is 8.17 Å². The van der Waals surface area contributed by atoms with Crippen molar-refractivity contribution in [3.05, 3.63) is 231 Å². The van der Waals surface area contributed by atoms with E-state index in [0.717, 1.165) is 22.7 Å². The van der Waals surface area contributed by atoms with Crippen LogP contribution in [0.4, 0.5) is 17.1 Å². The van der Waals surface area contributed by atoms with E-state index >= 15 is 0 Å². The third-order valence-corrected chi connectivity index (χ3v) is 10.8. The van der Waals surface area contributed by atoms with Crippen LogP contribution in [-0.4, -0.2) is 4.57 Å². The molecule has 0 radical (unpaired) electrons. The SMILES string of the molecule is c1ccc(-c2ccc(-c3ccc(N(c4ccc(-c5ccccc5)cc4)c4ccc5c6ccccc6n(-c6ccccc6)c5c4)cc3-c3ccccc3)cc2)cc1. The van der Waals surface area contributed by atoms with Gasteiger partial charge in [-0.1, -0.05) is 176 Å². The Balaban J connectivity index is 1.16. The summed E-state index contributed by atoms with van der Waals surface area (Å²) >= 11 is 0. The van der Waals surface area contributed by atoms with Crippen LogP contribution in [0.5, 0.6) is 0 Å². The fourth-order valence-corrected chi connectivity index (χ4v) is 8.09. The van der Waals surface area contributed by atoms with Crippen LogP contribution in [0.3, 0.4) is 0 Å². The quantitative estimate of drug-likeness (QED) is 0.152. The number of rotatable bonds is 8. The van der Waals surface area contributed by atoms with E-state index in [1.54, 1.807) is 0 Å². The number of hydrogen-bond acceptors (Lipinski definition) is 1. The van der Waals surface area contributed by atoms with Crippen LogP contribution in [0.15, 0.2) is 231 Å². The standard InChI is InChI=1S/C54H38N2/c1-5-15-39(16-6-1)41-25-27-44(28-26-41)49-35-33-47(37-52(49)43-19-9-3-10-20-43)55(46-31-29-42(30-32-46)40-17-7-2-8-18-40)48-34-36-51-50-23-13-14-24-53(50)56(54(51)38-48)45-21-11-4-12-22-45/h1-38H. The summed E-state index contributed by atoms with van der Waals surface area (Å²) in [4.78, 5) is 2.40. The molecule has 0 spiro atoms. The highest BCUT2D eigenvalue weighted by Crippen LogP contribution is 2.43. The van der Waals surface area contributed by atoms with Crippen LogP contribution in [-0.2, 0) is 0 Å². The van der Waals surface area contributed by atoms with Crippen molar-refractivity contribution in [3.8, 4) is 50.2 Å². The first-order valence-corrected chi connectivity index (χ1v) is 19.2. The van der Waals surface area contributed by atoms with Gasteiger partial charge in [0.25, 0.3) is 0 Å². The fraction of sp³-hybridized carbons (Fsp3) is 0. The van der Waals surface area contributed by atoms with Gasteiger partial charge in [-0.15, -0.1) is 0 Å². The molecule has 2 heteroatoms. The molecule has 0 unspecified atom stereocenters. The lowest BCUT2D eigenvalue weighted by Gasteiger charge is -2.27. The molecule has 56 heavy (non-hydrogen) atoms. The Morgan fingerprint density at radius 1 is 0.268 bits per heavy atom. The van der Waals surface area contributed by atoms with E-state index < -0.39 is 0 Å². The normalized spacial score (nSPS) is 11.2. The van der Waals surface area contributed by atoms with Crippen LogP contribution in [0.2, 0.25) is 0 Å². The molecule has 0 aliphatic carbocycles. The van der Waals surface area contributed by atoms with Crippen molar-refractivity contribution < 1.29 is 0 Å². The Labute approximate surface area is 327 Å². The number of fused-ring (bicyclic) bond motifs is 3. The zero-order valence-corrected chi connectivity index (χ0v) is 30.8. The van der Waals surface area contributed by atoms with Crippen molar-refractivity contribution in [1.29, 1.82) is 0 Å². The van der Waals surface area contributed by atoms with Gasteiger partial charge in [0.2, 0.25) is 0 Å². The lowest BCUT2D eigenvalue weighted by molar-refractivity contribution is 1.18. The van der Waals surface area contributed by atoms with Crippen LogP contribution in [0, 0.1) is 0 Å². The van der Waals surface area contributed by atoms with Crippen LogP contribution >= 0.6 is 0 Å². The average Bonchev–Trinajstić information content (AvgIpc) is 3.62. The molecule has 1 heterocycles. The van der Waals surface area contributed by atoms with Crippen molar-refractivity contribution in [2.45, 2.75) is 0 Å². The van der Waals surface area contributed by atoms with Gasteiger partial charge in [-0.05, 0) is 99.1 Å². The Bertz CT molecular complexity index is 2910. The molecule has 264 valence electrons. The van der Waals surface area contributed by atoms with Gasteiger partial charge < -0.3 is 9.47 Å². The predicted molar refractivity (Wildman–Crippen MR) is 237 cm³/mol. The maximum absolute atomic E-state index is 2.40. The van der Waals surface area contributed by atoms with E-state index in [4.69, 9.17) is 0 Å². The van der Waals surface area contributed by atoms with Crippen molar-refractivity contribution in [3.63, 3.8) is 0 Å². The molecule has 0 atom stereocenters. The summed E-state index contributed by atoms with van der Waals surface area (Å²) in [5, 5.41) is 2.47. The lowest BCUT2D eigenvalue weighted by Crippen LogP contribution is -2.10. The summed E-state index contributed by atoms with van der Waals surface area (Å²) < 4.78 is 2.39. The number of hydrogen-bond donors (Lipinski definition) is 0. The van der Waals surface area contributed by atoms with Crippen LogP contribution in [0.25, 0.3) is 72.0 Å². The molecule has 10 aromatic rings. The molecular weight excluding hydrogens is 677 g/mol. The minimum atomic E-state index is 1.09. The highest BCUT2D eigenvalue weighted by Gasteiger charge is 2.20. The van der Waals surface area contributed by atoms with Crippen LogP contribution in [0.1, 0.15) is 0 Å². The maximum Gasteiger partial charge on any atom is 0.0561 e. The molecule has 0 aliphatic heterocycles. The Morgan fingerprint density at radius 2 is 0.696 bits per heavy atom. The van der Waals surface area contributed by atoms with Gasteiger partial charge in [-0.25, -0.2) is 0 Å². The van der Waals surface area contributed by atoms with E-state index in [9.17, 15) is 0 Å². The minimum Gasteiger partial charge on any atom is -0.310 e. The molecule has 1 aromatic heterocycles. The van der Waals surface area contributed by atoms with Gasteiger partial charge in [-0.3, -0.25) is 0 Å². The number of nitrogens with zero attached hydrogens (tertiary/aromatic N) is 2. The van der Waals surface area contributed by atoms with Crippen molar-refractivity contribution in [2.75, 3.05) is 4.90 Å². The molecule has 10 rings (SSSR count). The fourth-order valence-electron chi connectivity index (χ4n) is 8.09. The third kappa shape index (κ3) is 6.14. The first-order valence-electron chi connectivity index (χ1n) is 19.2. The van der Waals surface area contributed by atoms with Gasteiger partial charge in [0.05, 0.1) is 11.0 Å². The van der Waals surface area contributed by atoms with Crippen molar-refractivity contribution >= 4 is 38.9 Å². The highest BCUT2D eigenvalue weighted by molar-refractivity contribution is 6.10. The summed E-state index contributed by atoms with van der Waals surface area (Å²) in [5.74, 6) is 0. The molecule has 2 nitrogen and oxygen atoms in total. The van der Waals surface area contributed by atoms with Crippen molar-refractivity contribution in [2.24, 2.45) is 0 Å². The molecule has 0 aliphatic rings. The largest absolute Gasteiger partial charge is 0.310 e. The predicted octanol–water partition coefficient (Wildman–Crippen LogP) is 14.9. The average molecular weight is 715 g/mol. The summed E-state index contributed by atoms with van der Waals surface area (Å²) in [5.41, 5.74) is 16.3. The number of anilines is 3. The summed E-state index contributed by atoms with van der Waals surface area (Å²) in [6.45, 7) is 0. The molecule has 9 aromatic carbocycles. The summed E-state index contributed by atoms with van der Waals surface area (Å²) in [6.07, 6.45) is 0. The Kier molecular flexibility index (Phi) is 8.55. The second kappa shape index (κ2) is 14.4. The molecule has 0 saturated heterocycles. The molecule has 0 N–H and O–H groups in total. The number of aromatic nitrogens is 1. The monoisotopic (exact) mass is 714 g/mol. The Hall–Kier alpha value is -7.42. The first-order chi connectivity index (χ1) is 27.8. The first kappa shape index (κ1) is 33.2. The van der Waals surface area contributed by atoms with Crippen molar-refractivity contribution in [1.82, 2.24) is 4.57 Å². The smallest absolute Gasteiger partial charge is 0.0561 e. The molecular formula is C54H38N2. The molecule has 0 saturated carbocycles. The van der Waals surface area contributed by atoms with E-state index in [1.165, 1.54) is 66.3 Å².